The highest BCUT2D eigenvalue weighted by Gasteiger charge is 2.07. The first-order chi connectivity index (χ1) is 7.68. The molecule has 0 aliphatic rings. The monoisotopic (exact) mass is 251 g/mol. The SMILES string of the molecule is Cc1cnc(CSc2nccs2)c(C)c1N. The minimum absolute atomic E-state index is 0.823. The van der Waals surface area contributed by atoms with E-state index in [1.54, 1.807) is 23.1 Å². The Morgan fingerprint density at radius 3 is 2.88 bits per heavy atom. The predicted molar refractivity (Wildman–Crippen MR) is 69.8 cm³/mol. The van der Waals surface area contributed by atoms with Crippen LogP contribution in [0.3, 0.4) is 0 Å². The molecule has 0 aliphatic heterocycles. The Balaban J connectivity index is 2.13. The van der Waals surface area contributed by atoms with Crippen LogP contribution in [-0.4, -0.2) is 9.97 Å². The number of nitrogen functional groups attached to an aromatic ring is 1. The molecule has 2 heterocycles. The fraction of sp³-hybridized carbons (Fsp3) is 0.273. The minimum Gasteiger partial charge on any atom is -0.398 e. The first kappa shape index (κ1) is 11.4. The molecule has 0 bridgehead atoms. The highest BCUT2D eigenvalue weighted by molar-refractivity contribution is 8.00. The first-order valence-electron chi connectivity index (χ1n) is 4.91. The Labute approximate surface area is 103 Å². The summed E-state index contributed by atoms with van der Waals surface area (Å²) in [4.78, 5) is 8.64. The van der Waals surface area contributed by atoms with E-state index < -0.39 is 0 Å². The summed E-state index contributed by atoms with van der Waals surface area (Å²) in [5.41, 5.74) is 9.99. The van der Waals surface area contributed by atoms with Crippen LogP contribution >= 0.6 is 23.1 Å². The van der Waals surface area contributed by atoms with Gasteiger partial charge in [0.1, 0.15) is 4.34 Å². The Hall–Kier alpha value is -1.07. The van der Waals surface area contributed by atoms with Gasteiger partial charge in [-0.25, -0.2) is 4.98 Å². The molecule has 0 aliphatic carbocycles. The van der Waals surface area contributed by atoms with E-state index in [1.807, 2.05) is 31.6 Å². The molecule has 84 valence electrons. The molecule has 5 heteroatoms. The Bertz CT molecular complexity index is 480. The Morgan fingerprint density at radius 2 is 2.19 bits per heavy atom. The molecule has 0 saturated carbocycles. The topological polar surface area (TPSA) is 51.8 Å². The van der Waals surface area contributed by atoms with Gasteiger partial charge < -0.3 is 5.73 Å². The van der Waals surface area contributed by atoms with Gasteiger partial charge in [0.25, 0.3) is 0 Å². The van der Waals surface area contributed by atoms with Crippen molar-refractivity contribution in [2.45, 2.75) is 23.9 Å². The molecule has 0 unspecified atom stereocenters. The molecule has 3 nitrogen and oxygen atoms in total. The molecule has 0 saturated heterocycles. The number of anilines is 1. The van der Waals surface area contributed by atoms with Crippen molar-refractivity contribution in [2.24, 2.45) is 0 Å². The van der Waals surface area contributed by atoms with E-state index >= 15 is 0 Å². The van der Waals surface area contributed by atoms with Crippen molar-refractivity contribution in [1.82, 2.24) is 9.97 Å². The largest absolute Gasteiger partial charge is 0.398 e. The summed E-state index contributed by atoms with van der Waals surface area (Å²) < 4.78 is 1.07. The average molecular weight is 251 g/mol. The lowest BCUT2D eigenvalue weighted by Gasteiger charge is -2.08. The van der Waals surface area contributed by atoms with Crippen LogP contribution in [0.2, 0.25) is 0 Å². The van der Waals surface area contributed by atoms with E-state index in [1.165, 1.54) is 0 Å². The summed E-state index contributed by atoms with van der Waals surface area (Å²) >= 11 is 3.35. The van der Waals surface area contributed by atoms with Crippen molar-refractivity contribution in [1.29, 1.82) is 0 Å². The predicted octanol–water partition coefficient (Wildman–Crippen LogP) is 3.03. The normalized spacial score (nSPS) is 10.6. The minimum atomic E-state index is 0.823. The standard InChI is InChI=1S/C11H13N3S2/c1-7-5-14-9(8(2)10(7)12)6-16-11-13-3-4-15-11/h3-5H,6H2,1-2H3,(H2,12,14). The maximum Gasteiger partial charge on any atom is 0.150 e. The van der Waals surface area contributed by atoms with Gasteiger partial charge >= 0.3 is 0 Å². The van der Waals surface area contributed by atoms with Crippen LogP contribution in [-0.2, 0) is 5.75 Å². The lowest BCUT2D eigenvalue weighted by atomic mass is 10.1. The van der Waals surface area contributed by atoms with Crippen LogP contribution in [0.1, 0.15) is 16.8 Å². The molecule has 16 heavy (non-hydrogen) atoms. The molecule has 0 amide bonds. The van der Waals surface area contributed by atoms with Crippen molar-refractivity contribution >= 4 is 28.8 Å². The maximum atomic E-state index is 5.97. The van der Waals surface area contributed by atoms with Gasteiger partial charge in [-0.15, -0.1) is 11.3 Å². The summed E-state index contributed by atoms with van der Waals surface area (Å²) in [5, 5.41) is 1.98. The van der Waals surface area contributed by atoms with E-state index in [9.17, 15) is 0 Å². The lowest BCUT2D eigenvalue weighted by molar-refractivity contribution is 1.11. The van der Waals surface area contributed by atoms with Crippen molar-refractivity contribution < 1.29 is 0 Å². The highest BCUT2D eigenvalue weighted by Crippen LogP contribution is 2.27. The number of pyridine rings is 1. The van der Waals surface area contributed by atoms with Crippen molar-refractivity contribution in [3.63, 3.8) is 0 Å². The highest BCUT2D eigenvalue weighted by atomic mass is 32.2. The van der Waals surface area contributed by atoms with Crippen LogP contribution in [0, 0.1) is 13.8 Å². The summed E-state index contributed by atoms with van der Waals surface area (Å²) in [6, 6.07) is 0. The van der Waals surface area contributed by atoms with Crippen LogP contribution in [0.4, 0.5) is 5.69 Å². The summed E-state index contributed by atoms with van der Waals surface area (Å²) in [6.07, 6.45) is 3.65. The van der Waals surface area contributed by atoms with E-state index in [0.717, 1.165) is 32.6 Å². The van der Waals surface area contributed by atoms with Crippen molar-refractivity contribution in [3.05, 3.63) is 34.6 Å². The van der Waals surface area contributed by atoms with Gasteiger partial charge in [-0.2, -0.15) is 0 Å². The number of rotatable bonds is 3. The zero-order chi connectivity index (χ0) is 11.5. The van der Waals surface area contributed by atoms with Crippen LogP contribution in [0.5, 0.6) is 0 Å². The summed E-state index contributed by atoms with van der Waals surface area (Å²) in [7, 11) is 0. The lowest BCUT2D eigenvalue weighted by Crippen LogP contribution is -2.00. The second-order valence-electron chi connectivity index (χ2n) is 3.51. The van der Waals surface area contributed by atoms with Crippen molar-refractivity contribution in [3.8, 4) is 0 Å². The Morgan fingerprint density at radius 1 is 1.38 bits per heavy atom. The summed E-state index contributed by atoms with van der Waals surface area (Å²) in [6.45, 7) is 4.00. The van der Waals surface area contributed by atoms with Crippen LogP contribution < -0.4 is 5.73 Å². The third-order valence-electron chi connectivity index (χ3n) is 2.42. The number of thiazole rings is 1. The van der Waals surface area contributed by atoms with Gasteiger partial charge in [-0.05, 0) is 25.0 Å². The van der Waals surface area contributed by atoms with Crippen LogP contribution in [0.15, 0.2) is 22.1 Å². The van der Waals surface area contributed by atoms with Gasteiger partial charge in [0.05, 0.1) is 5.69 Å². The maximum absolute atomic E-state index is 5.97. The molecule has 0 fully saturated rings. The number of aryl methyl sites for hydroxylation is 1. The molecular formula is C11H13N3S2. The molecule has 0 spiro atoms. The zero-order valence-electron chi connectivity index (χ0n) is 9.23. The van der Waals surface area contributed by atoms with E-state index in [2.05, 4.69) is 9.97 Å². The van der Waals surface area contributed by atoms with E-state index in [0.29, 0.717) is 0 Å². The van der Waals surface area contributed by atoms with Crippen molar-refractivity contribution in [2.75, 3.05) is 5.73 Å². The van der Waals surface area contributed by atoms with E-state index in [4.69, 9.17) is 5.73 Å². The molecule has 2 aromatic rings. The number of hydrogen-bond acceptors (Lipinski definition) is 5. The van der Waals surface area contributed by atoms with Crippen LogP contribution in [0.25, 0.3) is 0 Å². The second kappa shape index (κ2) is 4.84. The van der Waals surface area contributed by atoms with Gasteiger partial charge in [0.15, 0.2) is 0 Å². The number of hydrogen-bond donors (Lipinski definition) is 1. The fourth-order valence-electron chi connectivity index (χ4n) is 1.35. The Kier molecular flexibility index (Phi) is 3.46. The molecule has 0 atom stereocenters. The average Bonchev–Trinajstić information content (AvgIpc) is 2.78. The number of thioether (sulfide) groups is 1. The van der Waals surface area contributed by atoms with Gasteiger partial charge in [0.2, 0.25) is 0 Å². The fourth-order valence-corrected chi connectivity index (χ4v) is 3.01. The third kappa shape index (κ3) is 2.36. The smallest absolute Gasteiger partial charge is 0.150 e. The molecule has 0 radical (unpaired) electrons. The van der Waals surface area contributed by atoms with Gasteiger partial charge in [-0.3, -0.25) is 4.98 Å². The molecular weight excluding hydrogens is 238 g/mol. The summed E-state index contributed by atoms with van der Waals surface area (Å²) in [5.74, 6) is 0.823. The molecule has 2 N–H and O–H groups in total. The molecule has 2 aromatic heterocycles. The number of nitrogens with two attached hydrogens (primary N) is 1. The number of aromatic nitrogens is 2. The van der Waals surface area contributed by atoms with E-state index in [-0.39, 0.29) is 0 Å². The second-order valence-corrected chi connectivity index (χ2v) is 5.63. The first-order valence-corrected chi connectivity index (χ1v) is 6.78. The van der Waals surface area contributed by atoms with Gasteiger partial charge in [-0.1, -0.05) is 11.8 Å². The number of nitrogens with zero attached hydrogens (tertiary/aromatic N) is 2. The third-order valence-corrected chi connectivity index (χ3v) is 4.39. The molecule has 0 aromatic carbocycles. The zero-order valence-corrected chi connectivity index (χ0v) is 10.9. The van der Waals surface area contributed by atoms with Gasteiger partial charge in [0, 0.05) is 29.2 Å². The molecule has 2 rings (SSSR count). The quantitative estimate of drug-likeness (QED) is 0.852.